The van der Waals surface area contributed by atoms with Crippen LogP contribution in [-0.4, -0.2) is 24.6 Å². The van der Waals surface area contributed by atoms with Gasteiger partial charge in [-0.25, -0.2) is 0 Å². The maximum absolute atomic E-state index is 3.55. The molecule has 0 fully saturated rings. The number of rotatable bonds is 6. The Morgan fingerprint density at radius 3 is 2.56 bits per heavy atom. The Hall–Kier alpha value is -0.470. The van der Waals surface area contributed by atoms with E-state index in [-0.39, 0.29) is 0 Å². The molecule has 90 valence electrons. The van der Waals surface area contributed by atoms with Crippen LogP contribution in [0.3, 0.4) is 0 Å². The van der Waals surface area contributed by atoms with Crippen molar-refractivity contribution >= 4 is 11.8 Å². The van der Waals surface area contributed by atoms with Crippen LogP contribution in [0.1, 0.15) is 23.6 Å². The van der Waals surface area contributed by atoms with Crippen molar-refractivity contribution in [3.8, 4) is 0 Å². The average molecular weight is 237 g/mol. The molecule has 0 aliphatic carbocycles. The number of benzene rings is 1. The number of hydrogen-bond acceptors (Lipinski definition) is 2. The highest BCUT2D eigenvalue weighted by Gasteiger charge is 2.07. The lowest BCUT2D eigenvalue weighted by molar-refractivity contribution is 0.573. The number of nitrogens with one attached hydrogen (secondary N) is 1. The monoisotopic (exact) mass is 237 g/mol. The van der Waals surface area contributed by atoms with Crippen LogP contribution in [0.25, 0.3) is 0 Å². The highest BCUT2D eigenvalue weighted by atomic mass is 32.2. The predicted octanol–water partition coefficient (Wildman–Crippen LogP) is 3.19. The smallest absolute Gasteiger partial charge is 0.0198 e. The zero-order chi connectivity index (χ0) is 12.0. The molecule has 1 atom stereocenters. The second kappa shape index (κ2) is 6.97. The van der Waals surface area contributed by atoms with Gasteiger partial charge in [-0.15, -0.1) is 0 Å². The van der Waals surface area contributed by atoms with Gasteiger partial charge in [0, 0.05) is 11.8 Å². The van der Waals surface area contributed by atoms with Crippen LogP contribution in [0, 0.1) is 13.8 Å². The molecule has 0 saturated heterocycles. The molecule has 0 bridgehead atoms. The third-order valence-corrected chi connectivity index (χ3v) is 3.65. The first-order valence-electron chi connectivity index (χ1n) is 5.95. The van der Waals surface area contributed by atoms with Gasteiger partial charge in [0.05, 0.1) is 0 Å². The van der Waals surface area contributed by atoms with E-state index in [0.717, 1.165) is 13.0 Å². The molecule has 0 heterocycles. The van der Waals surface area contributed by atoms with Crippen LogP contribution in [0.2, 0.25) is 0 Å². The summed E-state index contributed by atoms with van der Waals surface area (Å²) in [4.78, 5) is 0. The van der Waals surface area contributed by atoms with Crippen molar-refractivity contribution in [1.29, 1.82) is 0 Å². The Bertz CT molecular complexity index is 317. The van der Waals surface area contributed by atoms with E-state index in [0.29, 0.717) is 6.04 Å². The highest BCUT2D eigenvalue weighted by molar-refractivity contribution is 7.98. The number of hydrogen-bond donors (Lipinski definition) is 1. The van der Waals surface area contributed by atoms with Crippen molar-refractivity contribution in [1.82, 2.24) is 5.32 Å². The Morgan fingerprint density at radius 2 is 2.00 bits per heavy atom. The Balaban J connectivity index is 2.65. The molecule has 0 aliphatic rings. The molecule has 1 unspecified atom stereocenters. The number of likely N-dealkylation sites (N-methyl/N-ethyl adjacent to an activating group) is 1. The summed E-state index contributed by atoms with van der Waals surface area (Å²) in [5.74, 6) is 1.18. The molecular weight excluding hydrogens is 214 g/mol. The summed E-state index contributed by atoms with van der Waals surface area (Å²) in [6.45, 7) is 7.59. The Morgan fingerprint density at radius 1 is 1.25 bits per heavy atom. The molecular formula is C14H23NS. The van der Waals surface area contributed by atoms with Crippen LogP contribution in [0.15, 0.2) is 18.2 Å². The highest BCUT2D eigenvalue weighted by Crippen LogP contribution is 2.12. The van der Waals surface area contributed by atoms with E-state index in [1.807, 2.05) is 11.8 Å². The fourth-order valence-corrected chi connectivity index (χ4v) is 2.53. The minimum atomic E-state index is 0.599. The molecule has 1 rings (SSSR count). The first-order chi connectivity index (χ1) is 7.67. The summed E-state index contributed by atoms with van der Waals surface area (Å²) in [5.41, 5.74) is 4.23. The summed E-state index contributed by atoms with van der Waals surface area (Å²) in [5, 5.41) is 3.55. The lowest BCUT2D eigenvalue weighted by atomic mass is 10.0. The predicted molar refractivity (Wildman–Crippen MR) is 75.5 cm³/mol. The van der Waals surface area contributed by atoms with Gasteiger partial charge in [-0.2, -0.15) is 11.8 Å². The van der Waals surface area contributed by atoms with E-state index in [1.54, 1.807) is 0 Å². The number of aryl methyl sites for hydroxylation is 2. The first kappa shape index (κ1) is 13.6. The van der Waals surface area contributed by atoms with Gasteiger partial charge < -0.3 is 5.32 Å². The summed E-state index contributed by atoms with van der Waals surface area (Å²) >= 11 is 1.91. The summed E-state index contributed by atoms with van der Waals surface area (Å²) in [6, 6.07) is 7.40. The third-order valence-electron chi connectivity index (χ3n) is 2.91. The molecule has 0 aromatic heterocycles. The van der Waals surface area contributed by atoms with Crippen molar-refractivity contribution in [2.75, 3.05) is 18.6 Å². The second-order valence-corrected chi connectivity index (χ2v) is 5.24. The van der Waals surface area contributed by atoms with Gasteiger partial charge in [0.15, 0.2) is 0 Å². The maximum Gasteiger partial charge on any atom is 0.0198 e. The molecule has 0 saturated carbocycles. The standard InChI is InChI=1S/C14H23NS/c1-5-15-14(10-16-4)9-13-7-6-11(2)12(3)8-13/h6-8,14-15H,5,9-10H2,1-4H3. The molecule has 0 radical (unpaired) electrons. The summed E-state index contributed by atoms with van der Waals surface area (Å²) in [6.07, 6.45) is 3.31. The van der Waals surface area contributed by atoms with Gasteiger partial charge in [-0.05, 0) is 49.8 Å². The van der Waals surface area contributed by atoms with Crippen molar-refractivity contribution in [2.45, 2.75) is 33.2 Å². The Kier molecular flexibility index (Phi) is 5.93. The van der Waals surface area contributed by atoms with Gasteiger partial charge in [0.2, 0.25) is 0 Å². The van der Waals surface area contributed by atoms with Gasteiger partial charge in [0.25, 0.3) is 0 Å². The molecule has 1 aromatic carbocycles. The van der Waals surface area contributed by atoms with Gasteiger partial charge >= 0.3 is 0 Å². The van der Waals surface area contributed by atoms with E-state index < -0.39 is 0 Å². The molecule has 0 aliphatic heterocycles. The van der Waals surface area contributed by atoms with E-state index in [1.165, 1.54) is 22.4 Å². The minimum absolute atomic E-state index is 0.599. The molecule has 2 heteroatoms. The molecule has 0 spiro atoms. The van der Waals surface area contributed by atoms with Crippen LogP contribution >= 0.6 is 11.8 Å². The zero-order valence-corrected chi connectivity index (χ0v) is 11.7. The van der Waals surface area contributed by atoms with Crippen LogP contribution in [-0.2, 0) is 6.42 Å². The van der Waals surface area contributed by atoms with Gasteiger partial charge in [0.1, 0.15) is 0 Å². The van der Waals surface area contributed by atoms with E-state index in [4.69, 9.17) is 0 Å². The fraction of sp³-hybridized carbons (Fsp3) is 0.571. The average Bonchev–Trinajstić information content (AvgIpc) is 2.24. The lowest BCUT2D eigenvalue weighted by Gasteiger charge is -2.17. The zero-order valence-electron chi connectivity index (χ0n) is 10.8. The summed E-state index contributed by atoms with van der Waals surface area (Å²) in [7, 11) is 0. The molecule has 1 aromatic rings. The van der Waals surface area contributed by atoms with E-state index in [9.17, 15) is 0 Å². The maximum atomic E-state index is 3.55. The topological polar surface area (TPSA) is 12.0 Å². The van der Waals surface area contributed by atoms with Crippen molar-refractivity contribution < 1.29 is 0 Å². The molecule has 1 N–H and O–H groups in total. The van der Waals surface area contributed by atoms with Crippen molar-refractivity contribution in [3.05, 3.63) is 34.9 Å². The van der Waals surface area contributed by atoms with Crippen LogP contribution in [0.4, 0.5) is 0 Å². The van der Waals surface area contributed by atoms with Crippen LogP contribution < -0.4 is 5.32 Å². The summed E-state index contributed by atoms with van der Waals surface area (Å²) < 4.78 is 0. The second-order valence-electron chi connectivity index (χ2n) is 4.33. The van der Waals surface area contributed by atoms with E-state index >= 15 is 0 Å². The van der Waals surface area contributed by atoms with Crippen LogP contribution in [0.5, 0.6) is 0 Å². The molecule has 0 amide bonds. The molecule has 1 nitrogen and oxygen atoms in total. The minimum Gasteiger partial charge on any atom is -0.313 e. The number of thioether (sulfide) groups is 1. The Labute approximate surface area is 104 Å². The largest absolute Gasteiger partial charge is 0.313 e. The van der Waals surface area contributed by atoms with Gasteiger partial charge in [-0.3, -0.25) is 0 Å². The third kappa shape index (κ3) is 4.18. The SMILES string of the molecule is CCNC(CSC)Cc1ccc(C)c(C)c1. The van der Waals surface area contributed by atoms with Gasteiger partial charge in [-0.1, -0.05) is 25.1 Å². The lowest BCUT2D eigenvalue weighted by Crippen LogP contribution is -2.33. The van der Waals surface area contributed by atoms with E-state index in [2.05, 4.69) is 50.5 Å². The van der Waals surface area contributed by atoms with Crippen molar-refractivity contribution in [3.63, 3.8) is 0 Å². The normalized spacial score (nSPS) is 12.8. The quantitative estimate of drug-likeness (QED) is 0.815. The fourth-order valence-electron chi connectivity index (χ4n) is 1.89. The molecule has 16 heavy (non-hydrogen) atoms. The first-order valence-corrected chi connectivity index (χ1v) is 7.35. The van der Waals surface area contributed by atoms with Crippen molar-refractivity contribution in [2.24, 2.45) is 0 Å².